The van der Waals surface area contributed by atoms with E-state index in [2.05, 4.69) is 39.3 Å². The van der Waals surface area contributed by atoms with Gasteiger partial charge >= 0.3 is 17.8 Å². The molecule has 0 atom stereocenters. The summed E-state index contributed by atoms with van der Waals surface area (Å²) in [6, 6.07) is 0.262. The standard InChI is InChI=1S/C15H20N6O2/c1-4-16-15-20-19-13(23-15)14(22)21-6-5-11-10(8-21)7-17-12(18-11)9(2)3/h7,9H,4-6,8H2,1-3H3,(H,16,20). The highest BCUT2D eigenvalue weighted by molar-refractivity contribution is 5.89. The molecule has 0 fully saturated rings. The van der Waals surface area contributed by atoms with Gasteiger partial charge in [-0.15, -0.1) is 5.10 Å². The Morgan fingerprint density at radius 3 is 3.00 bits per heavy atom. The number of nitrogens with one attached hydrogen (secondary N) is 1. The second-order valence-electron chi connectivity index (χ2n) is 5.77. The van der Waals surface area contributed by atoms with Gasteiger partial charge < -0.3 is 14.6 Å². The lowest BCUT2D eigenvalue weighted by atomic mass is 10.1. The van der Waals surface area contributed by atoms with E-state index in [-0.39, 0.29) is 17.8 Å². The summed E-state index contributed by atoms with van der Waals surface area (Å²) in [5.74, 6) is 0.878. The van der Waals surface area contributed by atoms with Crippen LogP contribution in [0.4, 0.5) is 6.01 Å². The third kappa shape index (κ3) is 3.15. The van der Waals surface area contributed by atoms with E-state index in [9.17, 15) is 4.79 Å². The van der Waals surface area contributed by atoms with Gasteiger partial charge in [0.05, 0.1) is 5.69 Å². The van der Waals surface area contributed by atoms with Gasteiger partial charge in [0.2, 0.25) is 0 Å². The Labute approximate surface area is 134 Å². The molecular formula is C15H20N6O2. The van der Waals surface area contributed by atoms with Crippen LogP contribution in [-0.2, 0) is 13.0 Å². The van der Waals surface area contributed by atoms with Crippen molar-refractivity contribution in [1.82, 2.24) is 25.1 Å². The molecule has 0 saturated carbocycles. The quantitative estimate of drug-likeness (QED) is 0.915. The van der Waals surface area contributed by atoms with E-state index >= 15 is 0 Å². The third-order valence-electron chi connectivity index (χ3n) is 3.69. The molecule has 0 aromatic carbocycles. The van der Waals surface area contributed by atoms with Crippen LogP contribution >= 0.6 is 0 Å². The minimum atomic E-state index is -0.264. The Morgan fingerprint density at radius 1 is 1.43 bits per heavy atom. The molecule has 0 spiro atoms. The molecule has 2 aromatic heterocycles. The normalized spacial score (nSPS) is 14.0. The first kappa shape index (κ1) is 15.4. The second kappa shape index (κ2) is 6.31. The van der Waals surface area contributed by atoms with Crippen molar-refractivity contribution in [3.05, 3.63) is 29.2 Å². The van der Waals surface area contributed by atoms with Crippen molar-refractivity contribution >= 4 is 11.9 Å². The average Bonchev–Trinajstić information content (AvgIpc) is 3.02. The van der Waals surface area contributed by atoms with Gasteiger partial charge in [0, 0.05) is 43.7 Å². The van der Waals surface area contributed by atoms with Crippen LogP contribution < -0.4 is 5.32 Å². The van der Waals surface area contributed by atoms with Gasteiger partial charge in [-0.05, 0) is 6.92 Å². The second-order valence-corrected chi connectivity index (χ2v) is 5.77. The van der Waals surface area contributed by atoms with E-state index in [0.29, 0.717) is 32.0 Å². The largest absolute Gasteiger partial charge is 0.399 e. The minimum absolute atomic E-state index is 0.00381. The Balaban J connectivity index is 1.74. The topological polar surface area (TPSA) is 97.0 Å². The molecular weight excluding hydrogens is 296 g/mol. The summed E-state index contributed by atoms with van der Waals surface area (Å²) < 4.78 is 5.32. The number of amides is 1. The van der Waals surface area contributed by atoms with Gasteiger partial charge in [0.1, 0.15) is 5.82 Å². The van der Waals surface area contributed by atoms with Crippen LogP contribution in [0, 0.1) is 0 Å². The summed E-state index contributed by atoms with van der Waals surface area (Å²) in [4.78, 5) is 23.1. The van der Waals surface area contributed by atoms with E-state index in [1.54, 1.807) is 4.90 Å². The Kier molecular flexibility index (Phi) is 4.22. The zero-order valence-corrected chi connectivity index (χ0v) is 13.5. The van der Waals surface area contributed by atoms with Gasteiger partial charge in [-0.3, -0.25) is 4.79 Å². The summed E-state index contributed by atoms with van der Waals surface area (Å²) in [6.45, 7) is 7.75. The van der Waals surface area contributed by atoms with Crippen LogP contribution in [0.2, 0.25) is 0 Å². The summed E-state index contributed by atoms with van der Waals surface area (Å²) in [5.41, 5.74) is 1.99. The fraction of sp³-hybridized carbons (Fsp3) is 0.533. The number of fused-ring (bicyclic) bond motifs is 1. The molecule has 1 aliphatic rings. The van der Waals surface area contributed by atoms with E-state index in [0.717, 1.165) is 17.1 Å². The lowest BCUT2D eigenvalue weighted by Crippen LogP contribution is -2.36. The molecule has 3 heterocycles. The predicted octanol–water partition coefficient (Wildman–Crippen LogP) is 1.61. The van der Waals surface area contributed by atoms with Gasteiger partial charge in [0.15, 0.2) is 0 Å². The maximum atomic E-state index is 12.5. The summed E-state index contributed by atoms with van der Waals surface area (Å²) >= 11 is 0. The van der Waals surface area contributed by atoms with E-state index < -0.39 is 0 Å². The first-order chi connectivity index (χ1) is 11.1. The lowest BCUT2D eigenvalue weighted by Gasteiger charge is -2.27. The van der Waals surface area contributed by atoms with E-state index in [1.165, 1.54) is 0 Å². The fourth-order valence-electron chi connectivity index (χ4n) is 2.45. The molecule has 2 aromatic rings. The zero-order chi connectivity index (χ0) is 16.4. The van der Waals surface area contributed by atoms with Crippen molar-refractivity contribution in [3.8, 4) is 0 Å². The van der Waals surface area contributed by atoms with Gasteiger partial charge in [-0.1, -0.05) is 18.9 Å². The highest BCUT2D eigenvalue weighted by Crippen LogP contribution is 2.20. The van der Waals surface area contributed by atoms with Crippen molar-refractivity contribution in [1.29, 1.82) is 0 Å². The van der Waals surface area contributed by atoms with Crippen LogP contribution in [0.15, 0.2) is 10.6 Å². The molecule has 0 radical (unpaired) electrons. The highest BCUT2D eigenvalue weighted by atomic mass is 16.4. The molecule has 122 valence electrons. The van der Waals surface area contributed by atoms with Crippen LogP contribution in [-0.4, -0.2) is 44.1 Å². The molecule has 8 heteroatoms. The predicted molar refractivity (Wildman–Crippen MR) is 83.0 cm³/mol. The first-order valence-electron chi connectivity index (χ1n) is 7.79. The maximum absolute atomic E-state index is 12.5. The number of rotatable bonds is 4. The fourth-order valence-corrected chi connectivity index (χ4v) is 2.45. The monoisotopic (exact) mass is 316 g/mol. The van der Waals surface area contributed by atoms with Crippen LogP contribution in [0.3, 0.4) is 0 Å². The van der Waals surface area contributed by atoms with Crippen molar-refractivity contribution in [2.45, 2.75) is 39.7 Å². The van der Waals surface area contributed by atoms with Gasteiger partial charge in [-0.25, -0.2) is 9.97 Å². The van der Waals surface area contributed by atoms with Gasteiger partial charge in [-0.2, -0.15) is 0 Å². The molecule has 0 unspecified atom stereocenters. The van der Waals surface area contributed by atoms with Crippen LogP contribution in [0.5, 0.6) is 0 Å². The SMILES string of the molecule is CCNc1nnc(C(=O)N2CCc3nc(C(C)C)ncc3C2)o1. The van der Waals surface area contributed by atoms with Crippen LogP contribution in [0.25, 0.3) is 0 Å². The van der Waals surface area contributed by atoms with Crippen molar-refractivity contribution in [3.63, 3.8) is 0 Å². The Hall–Kier alpha value is -2.51. The molecule has 0 saturated heterocycles. The summed E-state index contributed by atoms with van der Waals surface area (Å²) in [6.07, 6.45) is 2.52. The van der Waals surface area contributed by atoms with E-state index in [4.69, 9.17) is 4.42 Å². The molecule has 1 N–H and O–H groups in total. The molecule has 0 bridgehead atoms. The van der Waals surface area contributed by atoms with Gasteiger partial charge in [0.25, 0.3) is 0 Å². The highest BCUT2D eigenvalue weighted by Gasteiger charge is 2.27. The zero-order valence-electron chi connectivity index (χ0n) is 13.5. The van der Waals surface area contributed by atoms with Crippen molar-refractivity contribution in [2.24, 2.45) is 0 Å². The number of hydrogen-bond acceptors (Lipinski definition) is 7. The summed E-state index contributed by atoms with van der Waals surface area (Å²) in [7, 11) is 0. The molecule has 8 nitrogen and oxygen atoms in total. The van der Waals surface area contributed by atoms with E-state index in [1.807, 2.05) is 13.1 Å². The number of carbonyl (C=O) groups is 1. The first-order valence-corrected chi connectivity index (χ1v) is 7.79. The smallest absolute Gasteiger partial charge is 0.315 e. The van der Waals surface area contributed by atoms with Crippen molar-refractivity contribution in [2.75, 3.05) is 18.4 Å². The molecule has 23 heavy (non-hydrogen) atoms. The molecule has 0 aliphatic carbocycles. The third-order valence-corrected chi connectivity index (χ3v) is 3.69. The Morgan fingerprint density at radius 2 is 2.26 bits per heavy atom. The number of anilines is 1. The van der Waals surface area contributed by atoms with Crippen LogP contribution in [0.1, 0.15) is 54.5 Å². The lowest BCUT2D eigenvalue weighted by molar-refractivity contribution is 0.0693. The number of aromatic nitrogens is 4. The average molecular weight is 316 g/mol. The number of carbonyl (C=O) groups excluding carboxylic acids is 1. The Bertz CT molecular complexity index is 712. The minimum Gasteiger partial charge on any atom is -0.399 e. The maximum Gasteiger partial charge on any atom is 0.315 e. The molecule has 1 amide bonds. The summed E-state index contributed by atoms with van der Waals surface area (Å²) in [5, 5.41) is 10.5. The number of hydrogen-bond donors (Lipinski definition) is 1. The molecule has 1 aliphatic heterocycles. The van der Waals surface area contributed by atoms with Crippen molar-refractivity contribution < 1.29 is 9.21 Å². The number of nitrogens with zero attached hydrogens (tertiary/aromatic N) is 5. The molecule has 3 rings (SSSR count).